The van der Waals surface area contributed by atoms with E-state index in [1.807, 2.05) is 32.8 Å². The number of ether oxygens (including phenoxy) is 5. The Hall–Kier alpha value is -3.48. The second kappa shape index (κ2) is 21.9. The van der Waals surface area contributed by atoms with Gasteiger partial charge in [-0.1, -0.05) is 63.6 Å². The fourth-order valence-electron chi connectivity index (χ4n) is 9.04. The van der Waals surface area contributed by atoms with Gasteiger partial charge in [0.1, 0.15) is 23.9 Å². The van der Waals surface area contributed by atoms with E-state index in [9.17, 15) is 38.1 Å². The van der Waals surface area contributed by atoms with Crippen LogP contribution < -0.4 is 0 Å². The Kier molecular flexibility index (Phi) is 18.2. The smallest absolute Gasteiger partial charge is 0.416 e. The molecule has 2 aromatic carbocycles. The van der Waals surface area contributed by atoms with Crippen molar-refractivity contribution in [2.75, 3.05) is 21.2 Å². The maximum absolute atomic E-state index is 14.3. The second-order valence-electron chi connectivity index (χ2n) is 18.2. The maximum atomic E-state index is 14.3. The molecule has 64 heavy (non-hydrogen) atoms. The number of cyclic esters (lactones) is 1. The number of nitrogens with zero attached hydrogens (tertiary/aromatic N) is 3. The Bertz CT molecular complexity index is 1930. The third kappa shape index (κ3) is 12.7. The lowest BCUT2D eigenvalue weighted by atomic mass is 9.73. The van der Waals surface area contributed by atoms with Gasteiger partial charge in [0, 0.05) is 35.7 Å². The van der Waals surface area contributed by atoms with Gasteiger partial charge in [-0.05, 0) is 109 Å². The summed E-state index contributed by atoms with van der Waals surface area (Å²) in [6, 6.07) is 10.8. The largest absolute Gasteiger partial charge is 0.461 e. The maximum Gasteiger partial charge on any atom is 0.416 e. The molecule has 13 nitrogen and oxygen atoms in total. The van der Waals surface area contributed by atoms with Gasteiger partial charge in [0.25, 0.3) is 0 Å². The quantitative estimate of drug-likeness (QED) is 0.125. The molecule has 0 amide bonds. The number of carbonyl (C=O) groups is 2. The first-order valence-corrected chi connectivity index (χ1v) is 22.2. The highest BCUT2D eigenvalue weighted by molar-refractivity contribution is 6.30. The highest BCUT2D eigenvalue weighted by atomic mass is 35.5. The van der Waals surface area contributed by atoms with Crippen LogP contribution in [0, 0.1) is 23.7 Å². The summed E-state index contributed by atoms with van der Waals surface area (Å²) in [6.45, 7) is 15.0. The van der Waals surface area contributed by atoms with Crippen molar-refractivity contribution in [3.63, 3.8) is 0 Å². The van der Waals surface area contributed by atoms with Crippen LogP contribution in [0.15, 0.2) is 58.7 Å². The first-order chi connectivity index (χ1) is 29.7. The number of hydrogen-bond donors (Lipinski definition) is 3. The Morgan fingerprint density at radius 3 is 2.16 bits per heavy atom. The summed E-state index contributed by atoms with van der Waals surface area (Å²) in [5.41, 5.74) is -2.71. The fraction of sp³-hybridized carbons (Fsp3) is 0.660. The number of alkyl halides is 3. The topological polar surface area (TPSA) is 169 Å². The van der Waals surface area contributed by atoms with E-state index in [0.29, 0.717) is 22.6 Å². The molecule has 2 heterocycles. The van der Waals surface area contributed by atoms with E-state index in [1.165, 1.54) is 26.2 Å². The number of hydrogen-bond acceptors (Lipinski definition) is 13. The van der Waals surface area contributed by atoms with Crippen LogP contribution in [0.3, 0.4) is 0 Å². The van der Waals surface area contributed by atoms with E-state index in [0.717, 1.165) is 12.1 Å². The molecule has 0 bridgehead atoms. The van der Waals surface area contributed by atoms with Gasteiger partial charge in [-0.15, -0.1) is 0 Å². The second-order valence-corrected chi connectivity index (χ2v) is 18.7. The Balaban J connectivity index is 1.92. The van der Waals surface area contributed by atoms with Gasteiger partial charge in [0.15, 0.2) is 6.29 Å². The van der Waals surface area contributed by atoms with E-state index >= 15 is 0 Å². The van der Waals surface area contributed by atoms with Crippen molar-refractivity contribution in [1.82, 2.24) is 4.90 Å². The van der Waals surface area contributed by atoms with Crippen molar-refractivity contribution >= 4 is 35.0 Å². The molecule has 2 saturated heterocycles. The van der Waals surface area contributed by atoms with Crippen molar-refractivity contribution in [1.29, 1.82) is 0 Å². The molecule has 2 fully saturated rings. The van der Waals surface area contributed by atoms with Crippen LogP contribution in [0.4, 0.5) is 13.2 Å². The molecule has 17 heteroatoms. The zero-order chi connectivity index (χ0) is 48.1. The molecule has 0 saturated carbocycles. The number of methoxy groups -OCH3 is 1. The summed E-state index contributed by atoms with van der Waals surface area (Å²) in [7, 11) is 5.16. The van der Waals surface area contributed by atoms with Gasteiger partial charge in [-0.25, -0.2) is 0 Å². The lowest BCUT2D eigenvalue weighted by Gasteiger charge is -2.48. The number of carbonyl (C=O) groups excluding carboxylic acids is 2. The number of benzene rings is 2. The zero-order valence-electron chi connectivity index (χ0n) is 38.9. The Morgan fingerprint density at radius 1 is 1.00 bits per heavy atom. The standard InChI is InChI=1S/C47H67ClF3N3O10/c1-13-36-46(9,59)41(57)27(4)38(53-52-30(7)32-16-18-33(19-17-32)47(49,50)51)25(2)24-45(8,60-12)42(64-44-39(56)35(54(10)11)22-26(3)61-44)28(5)40(29(6)43(58)62-36)63-37(55)23-31-14-20-34(48)21-15-31/h14-21,25-29,35-36,39-42,44,56-57,59H,13,22-24H2,1-12H3/b52-30+,53-38+/t25-,26?,27+,28+,29-,35?,36-,39?,40+,41-,42-,44?,45-,46-/m1/s1. The van der Waals surface area contributed by atoms with E-state index in [4.69, 9.17) is 35.3 Å². The van der Waals surface area contributed by atoms with Gasteiger partial charge in [0.05, 0.1) is 47.5 Å². The SMILES string of the molecule is CC[C@H]1OC(=O)[C@H](C)[C@@H](OC(=O)Cc2ccc(Cl)cc2)[C@H](C)[C@@H](OC2OC(C)CC(N(C)C)C2O)[C@](C)(OC)C[C@@H](C)/C(=N\N=C(/C)c2ccc(C(F)(F)F)cc2)[C@H](C)[C@@H](O)[C@]1(C)O. The molecular weight excluding hydrogens is 859 g/mol. The van der Waals surface area contributed by atoms with E-state index in [1.54, 1.807) is 65.8 Å². The van der Waals surface area contributed by atoms with Crippen LogP contribution in [0.25, 0.3) is 0 Å². The zero-order valence-corrected chi connectivity index (χ0v) is 39.7. The molecule has 4 unspecified atom stereocenters. The molecule has 358 valence electrons. The van der Waals surface area contributed by atoms with Crippen molar-refractivity contribution in [3.05, 3.63) is 70.2 Å². The minimum atomic E-state index is -4.53. The van der Waals surface area contributed by atoms with E-state index in [2.05, 4.69) is 10.2 Å². The fourth-order valence-corrected chi connectivity index (χ4v) is 9.16. The average Bonchev–Trinajstić information content (AvgIpc) is 3.23. The van der Waals surface area contributed by atoms with E-state index < -0.39 is 95.4 Å². The lowest BCUT2D eigenvalue weighted by Crippen LogP contribution is -2.60. The van der Waals surface area contributed by atoms with E-state index in [-0.39, 0.29) is 42.8 Å². The summed E-state index contributed by atoms with van der Waals surface area (Å²) in [6.07, 6.45) is -11.9. The normalized spacial score (nSPS) is 35.8. The summed E-state index contributed by atoms with van der Waals surface area (Å²) in [4.78, 5) is 30.1. The average molecular weight is 927 g/mol. The summed E-state index contributed by atoms with van der Waals surface area (Å²) in [5, 5.41) is 45.4. The first-order valence-electron chi connectivity index (χ1n) is 21.8. The molecule has 4 rings (SSSR count). The van der Waals surface area contributed by atoms with Crippen LogP contribution in [-0.2, 0) is 45.9 Å². The predicted molar refractivity (Wildman–Crippen MR) is 237 cm³/mol. The molecule has 14 atom stereocenters. The number of halogens is 4. The predicted octanol–water partition coefficient (Wildman–Crippen LogP) is 7.28. The van der Waals surface area contributed by atoms with Gasteiger partial charge in [0.2, 0.25) is 0 Å². The first kappa shape index (κ1) is 53.1. The van der Waals surface area contributed by atoms with Crippen LogP contribution in [0.5, 0.6) is 0 Å². The minimum absolute atomic E-state index is 0.0780. The van der Waals surface area contributed by atoms with Crippen molar-refractivity contribution < 1.29 is 61.8 Å². The summed E-state index contributed by atoms with van der Waals surface area (Å²) in [5.74, 6) is -5.12. The molecular formula is C47H67ClF3N3O10. The highest BCUT2D eigenvalue weighted by Crippen LogP contribution is 2.40. The summed E-state index contributed by atoms with van der Waals surface area (Å²) >= 11 is 6.10. The van der Waals surface area contributed by atoms with Gasteiger partial charge < -0.3 is 43.9 Å². The van der Waals surface area contributed by atoms with Crippen molar-refractivity contribution in [2.24, 2.45) is 33.9 Å². The molecule has 2 aliphatic rings. The monoisotopic (exact) mass is 925 g/mol. The molecule has 0 radical (unpaired) electrons. The molecule has 0 aliphatic carbocycles. The third-order valence-electron chi connectivity index (χ3n) is 13.0. The molecule has 0 aromatic heterocycles. The minimum Gasteiger partial charge on any atom is -0.461 e. The molecule has 2 aliphatic heterocycles. The Labute approximate surface area is 380 Å². The van der Waals surface area contributed by atoms with Gasteiger partial charge in [-0.2, -0.15) is 23.4 Å². The molecule has 3 N–H and O–H groups in total. The number of aliphatic hydroxyl groups excluding tert-OH is 2. The summed E-state index contributed by atoms with van der Waals surface area (Å²) < 4.78 is 71.9. The van der Waals surface area contributed by atoms with Gasteiger partial charge in [-0.3, -0.25) is 9.59 Å². The van der Waals surface area contributed by atoms with Crippen molar-refractivity contribution in [3.8, 4) is 0 Å². The van der Waals surface area contributed by atoms with Gasteiger partial charge >= 0.3 is 18.1 Å². The van der Waals surface area contributed by atoms with Crippen molar-refractivity contribution in [2.45, 2.75) is 154 Å². The lowest BCUT2D eigenvalue weighted by molar-refractivity contribution is -0.301. The van der Waals surface area contributed by atoms with Crippen LogP contribution in [-0.4, -0.2) is 125 Å². The highest BCUT2D eigenvalue weighted by Gasteiger charge is 2.52. The number of esters is 2. The number of rotatable bonds is 10. The molecule has 0 spiro atoms. The Morgan fingerprint density at radius 2 is 1.61 bits per heavy atom. The number of aliphatic hydroxyl groups is 3. The molecule has 2 aromatic rings. The van der Waals surface area contributed by atoms with Crippen LogP contribution >= 0.6 is 11.6 Å². The number of likely N-dealkylation sites (N-methyl/N-ethyl adjacent to an activating group) is 1. The van der Waals surface area contributed by atoms with Crippen LogP contribution in [0.1, 0.15) is 98.3 Å². The third-order valence-corrected chi connectivity index (χ3v) is 13.2. The van der Waals surface area contributed by atoms with Crippen LogP contribution in [0.2, 0.25) is 5.02 Å².